The minimum Gasteiger partial charge on any atom is -0.314 e. The van der Waals surface area contributed by atoms with Crippen LogP contribution in [0.3, 0.4) is 0 Å². The summed E-state index contributed by atoms with van der Waals surface area (Å²) in [5.41, 5.74) is 0. The molecule has 1 atom stereocenters. The van der Waals surface area contributed by atoms with E-state index in [4.69, 9.17) is 11.6 Å². The summed E-state index contributed by atoms with van der Waals surface area (Å²) in [6.07, 6.45) is 1.08. The zero-order valence-corrected chi connectivity index (χ0v) is 10.8. The van der Waals surface area contributed by atoms with E-state index < -0.39 is 0 Å². The maximum atomic E-state index is 5.84. The fourth-order valence-corrected chi connectivity index (χ4v) is 1.75. The Kier molecular flexibility index (Phi) is 4.58. The van der Waals surface area contributed by atoms with Crippen molar-refractivity contribution in [2.45, 2.75) is 52.5 Å². The minimum absolute atomic E-state index is 0.431. The number of hydrogen-bond acceptors (Lipinski definition) is 2. The van der Waals surface area contributed by atoms with Gasteiger partial charge in [-0.15, -0.1) is 21.8 Å². The van der Waals surface area contributed by atoms with E-state index in [2.05, 4.69) is 42.5 Å². The van der Waals surface area contributed by atoms with Gasteiger partial charge in [0.05, 0.1) is 5.88 Å². The molecule has 1 unspecified atom stereocenters. The monoisotopic (exact) mass is 229 g/mol. The molecular weight excluding hydrogens is 210 g/mol. The fourth-order valence-electron chi connectivity index (χ4n) is 1.55. The Hall–Kier alpha value is -0.570. The van der Waals surface area contributed by atoms with Crippen LogP contribution in [0.4, 0.5) is 0 Å². The predicted octanol–water partition coefficient (Wildman–Crippen LogP) is 3.19. The Balaban J connectivity index is 3.01. The SMILES string of the molecule is CCCn1c(CCl)nnc1C(C)C(C)C. The molecule has 4 heteroatoms. The van der Waals surface area contributed by atoms with Crippen LogP contribution in [0.25, 0.3) is 0 Å². The van der Waals surface area contributed by atoms with Gasteiger partial charge in [-0.3, -0.25) is 0 Å². The van der Waals surface area contributed by atoms with Crippen molar-refractivity contribution in [3.8, 4) is 0 Å². The molecule has 15 heavy (non-hydrogen) atoms. The average Bonchev–Trinajstić information content (AvgIpc) is 2.60. The summed E-state index contributed by atoms with van der Waals surface area (Å²) in [5, 5.41) is 8.39. The first-order valence-electron chi connectivity index (χ1n) is 5.59. The Labute approximate surface area is 96.8 Å². The first kappa shape index (κ1) is 12.5. The molecule has 86 valence electrons. The van der Waals surface area contributed by atoms with Gasteiger partial charge in [-0.2, -0.15) is 0 Å². The molecule has 0 aliphatic rings. The van der Waals surface area contributed by atoms with Crippen LogP contribution in [0.15, 0.2) is 0 Å². The molecule has 0 N–H and O–H groups in total. The van der Waals surface area contributed by atoms with Crippen LogP contribution < -0.4 is 0 Å². The van der Waals surface area contributed by atoms with E-state index >= 15 is 0 Å². The van der Waals surface area contributed by atoms with Crippen molar-refractivity contribution >= 4 is 11.6 Å². The van der Waals surface area contributed by atoms with Crippen molar-refractivity contribution in [3.63, 3.8) is 0 Å². The number of nitrogens with zero attached hydrogens (tertiary/aromatic N) is 3. The van der Waals surface area contributed by atoms with Gasteiger partial charge < -0.3 is 4.57 Å². The lowest BCUT2D eigenvalue weighted by Crippen LogP contribution is -2.12. The van der Waals surface area contributed by atoms with Gasteiger partial charge in [-0.25, -0.2) is 0 Å². The molecule has 3 nitrogen and oxygen atoms in total. The third-order valence-electron chi connectivity index (χ3n) is 2.83. The molecule has 0 fully saturated rings. The van der Waals surface area contributed by atoms with Crippen LogP contribution in [0.2, 0.25) is 0 Å². The molecule has 0 saturated heterocycles. The maximum Gasteiger partial charge on any atom is 0.147 e. The summed E-state index contributed by atoms with van der Waals surface area (Å²) in [4.78, 5) is 0. The molecule has 0 bridgehead atoms. The third kappa shape index (κ3) is 2.71. The fraction of sp³-hybridized carbons (Fsp3) is 0.818. The van der Waals surface area contributed by atoms with Crippen molar-refractivity contribution in [1.82, 2.24) is 14.8 Å². The quantitative estimate of drug-likeness (QED) is 0.726. The molecule has 0 saturated carbocycles. The zero-order valence-electron chi connectivity index (χ0n) is 10.00. The average molecular weight is 230 g/mol. The molecule has 1 aromatic heterocycles. The maximum absolute atomic E-state index is 5.84. The summed E-state index contributed by atoms with van der Waals surface area (Å²) in [5.74, 6) is 3.41. The molecule has 0 aromatic carbocycles. The van der Waals surface area contributed by atoms with Crippen LogP contribution >= 0.6 is 11.6 Å². The zero-order chi connectivity index (χ0) is 11.4. The summed E-state index contributed by atoms with van der Waals surface area (Å²) in [6, 6.07) is 0. The van der Waals surface area contributed by atoms with Gasteiger partial charge in [-0.05, 0) is 12.3 Å². The number of alkyl halides is 1. The molecule has 1 rings (SSSR count). The standard InChI is InChI=1S/C11H20ClN3/c1-5-6-15-10(7-12)13-14-11(15)9(4)8(2)3/h8-9H,5-7H2,1-4H3. The highest BCUT2D eigenvalue weighted by atomic mass is 35.5. The van der Waals surface area contributed by atoms with Crippen molar-refractivity contribution in [1.29, 1.82) is 0 Å². The normalized spacial score (nSPS) is 13.5. The third-order valence-corrected chi connectivity index (χ3v) is 3.07. The molecule has 0 amide bonds. The van der Waals surface area contributed by atoms with E-state index in [1.807, 2.05) is 0 Å². The van der Waals surface area contributed by atoms with Gasteiger partial charge in [0.15, 0.2) is 0 Å². The van der Waals surface area contributed by atoms with Crippen molar-refractivity contribution < 1.29 is 0 Å². The van der Waals surface area contributed by atoms with E-state index in [0.29, 0.717) is 17.7 Å². The van der Waals surface area contributed by atoms with Gasteiger partial charge >= 0.3 is 0 Å². The Morgan fingerprint density at radius 1 is 1.27 bits per heavy atom. The second-order valence-corrected chi connectivity index (χ2v) is 4.56. The number of halogens is 1. The number of aromatic nitrogens is 3. The Bertz CT molecular complexity index is 307. The summed E-state index contributed by atoms with van der Waals surface area (Å²) in [7, 11) is 0. The van der Waals surface area contributed by atoms with Crippen molar-refractivity contribution in [3.05, 3.63) is 11.6 Å². The van der Waals surface area contributed by atoms with Crippen LogP contribution in [0.5, 0.6) is 0 Å². The summed E-state index contributed by atoms with van der Waals surface area (Å²) in [6.45, 7) is 9.72. The van der Waals surface area contributed by atoms with E-state index in [1.165, 1.54) is 0 Å². The highest BCUT2D eigenvalue weighted by Crippen LogP contribution is 2.23. The molecule has 1 aromatic rings. The lowest BCUT2D eigenvalue weighted by atomic mass is 9.97. The first-order valence-corrected chi connectivity index (χ1v) is 6.13. The van der Waals surface area contributed by atoms with Gasteiger partial charge in [0.1, 0.15) is 11.6 Å². The van der Waals surface area contributed by atoms with Gasteiger partial charge in [0.2, 0.25) is 0 Å². The molecule has 0 aliphatic carbocycles. The highest BCUT2D eigenvalue weighted by Gasteiger charge is 2.19. The lowest BCUT2D eigenvalue weighted by Gasteiger charge is -2.16. The molecule has 0 spiro atoms. The van der Waals surface area contributed by atoms with Crippen molar-refractivity contribution in [2.75, 3.05) is 0 Å². The predicted molar refractivity (Wildman–Crippen MR) is 63.1 cm³/mol. The summed E-state index contributed by atoms with van der Waals surface area (Å²) >= 11 is 5.84. The molecule has 0 aliphatic heterocycles. The second kappa shape index (κ2) is 5.50. The number of hydrogen-bond donors (Lipinski definition) is 0. The van der Waals surface area contributed by atoms with E-state index in [9.17, 15) is 0 Å². The molecule has 1 heterocycles. The van der Waals surface area contributed by atoms with E-state index in [-0.39, 0.29) is 0 Å². The van der Waals surface area contributed by atoms with Gasteiger partial charge in [0.25, 0.3) is 0 Å². The van der Waals surface area contributed by atoms with E-state index in [0.717, 1.165) is 24.6 Å². The van der Waals surface area contributed by atoms with Crippen LogP contribution in [0, 0.1) is 5.92 Å². The van der Waals surface area contributed by atoms with E-state index in [1.54, 1.807) is 0 Å². The first-order chi connectivity index (χ1) is 7.11. The Morgan fingerprint density at radius 3 is 2.40 bits per heavy atom. The summed E-state index contributed by atoms with van der Waals surface area (Å²) < 4.78 is 2.16. The van der Waals surface area contributed by atoms with Crippen LogP contribution in [-0.4, -0.2) is 14.8 Å². The topological polar surface area (TPSA) is 30.7 Å². The van der Waals surface area contributed by atoms with Crippen LogP contribution in [0.1, 0.15) is 51.7 Å². The van der Waals surface area contributed by atoms with Crippen molar-refractivity contribution in [2.24, 2.45) is 5.92 Å². The number of rotatable bonds is 5. The van der Waals surface area contributed by atoms with Crippen LogP contribution in [-0.2, 0) is 12.4 Å². The van der Waals surface area contributed by atoms with Gasteiger partial charge in [0, 0.05) is 12.5 Å². The largest absolute Gasteiger partial charge is 0.314 e. The molecule has 0 radical (unpaired) electrons. The smallest absolute Gasteiger partial charge is 0.147 e. The second-order valence-electron chi connectivity index (χ2n) is 4.29. The Morgan fingerprint density at radius 2 is 1.93 bits per heavy atom. The lowest BCUT2D eigenvalue weighted by molar-refractivity contribution is 0.477. The van der Waals surface area contributed by atoms with Gasteiger partial charge in [-0.1, -0.05) is 27.7 Å². The molecular formula is C11H20ClN3. The minimum atomic E-state index is 0.431. The highest BCUT2D eigenvalue weighted by molar-refractivity contribution is 6.16.